The fourth-order valence-electron chi connectivity index (χ4n) is 0.347. The highest BCUT2D eigenvalue weighted by atomic mass is 32.1. The lowest BCUT2D eigenvalue weighted by Crippen LogP contribution is -2.35. The monoisotopic (exact) mass is 159 g/mol. The topological polar surface area (TPSA) is 29.1 Å². The molecule has 0 aromatic carbocycles. The molecule has 0 radical (unpaired) electrons. The third-order valence-corrected chi connectivity index (χ3v) is 1.69. The normalized spacial score (nSPS) is 10.8. The number of nitrogens with one attached hydrogen (secondary N) is 1. The molecule has 0 saturated heterocycles. The number of amides is 1. The van der Waals surface area contributed by atoms with Gasteiger partial charge < -0.3 is 5.32 Å². The first-order chi connectivity index (χ1) is 4.34. The number of hydrogen-bond donors (Lipinski definition) is 1. The van der Waals surface area contributed by atoms with Crippen molar-refractivity contribution in [3.8, 4) is 0 Å². The van der Waals surface area contributed by atoms with Crippen LogP contribution in [0.1, 0.15) is 27.7 Å². The van der Waals surface area contributed by atoms with Crippen LogP contribution in [-0.4, -0.2) is 10.9 Å². The zero-order valence-corrected chi connectivity index (χ0v) is 7.63. The maximum Gasteiger partial charge on any atom is 0.221 e. The first-order valence-corrected chi connectivity index (χ1v) is 3.57. The van der Waals surface area contributed by atoms with Gasteiger partial charge in [-0.2, -0.15) is 0 Å². The minimum atomic E-state index is -0.110. The summed E-state index contributed by atoms with van der Waals surface area (Å²) in [5.41, 5.74) is -0.110. The molecule has 1 N–H and O–H groups in total. The van der Waals surface area contributed by atoms with Crippen molar-refractivity contribution in [2.45, 2.75) is 27.7 Å². The molecule has 3 heteroatoms. The van der Waals surface area contributed by atoms with Crippen LogP contribution in [0.4, 0.5) is 0 Å². The van der Waals surface area contributed by atoms with Gasteiger partial charge in [0.05, 0.1) is 4.99 Å². The van der Waals surface area contributed by atoms with Crippen LogP contribution in [0.15, 0.2) is 0 Å². The molecule has 0 aromatic heterocycles. The minimum absolute atomic E-state index is 0.0973. The standard InChI is InChI=1S/C7H13NOS/c1-5(9)8-6(10)7(2,3)4/h1-4H3,(H,8,9,10). The molecule has 2 nitrogen and oxygen atoms in total. The first kappa shape index (κ1) is 9.56. The number of carbonyl (C=O) groups excluding carboxylic acids is 1. The Morgan fingerprint density at radius 2 is 1.80 bits per heavy atom. The van der Waals surface area contributed by atoms with Crippen LogP contribution >= 0.6 is 12.2 Å². The van der Waals surface area contributed by atoms with Crippen LogP contribution < -0.4 is 5.32 Å². The first-order valence-electron chi connectivity index (χ1n) is 3.16. The van der Waals surface area contributed by atoms with E-state index in [1.807, 2.05) is 20.8 Å². The van der Waals surface area contributed by atoms with Crippen molar-refractivity contribution in [1.82, 2.24) is 5.32 Å². The second-order valence-electron chi connectivity index (χ2n) is 3.26. The minimum Gasteiger partial charge on any atom is -0.320 e. The fraction of sp³-hybridized carbons (Fsp3) is 0.714. The van der Waals surface area contributed by atoms with Crippen LogP contribution in [0.3, 0.4) is 0 Å². The van der Waals surface area contributed by atoms with Crippen molar-refractivity contribution >= 4 is 23.1 Å². The molecule has 0 atom stereocenters. The van der Waals surface area contributed by atoms with E-state index >= 15 is 0 Å². The summed E-state index contributed by atoms with van der Waals surface area (Å²) in [5, 5.41) is 2.58. The number of thiocarbonyl (C=S) groups is 1. The van der Waals surface area contributed by atoms with Gasteiger partial charge in [0.15, 0.2) is 0 Å². The van der Waals surface area contributed by atoms with E-state index in [2.05, 4.69) is 5.32 Å². The molecule has 0 aliphatic rings. The molecule has 0 rings (SSSR count). The lowest BCUT2D eigenvalue weighted by molar-refractivity contribution is -0.117. The summed E-state index contributed by atoms with van der Waals surface area (Å²) in [6, 6.07) is 0. The number of hydrogen-bond acceptors (Lipinski definition) is 2. The van der Waals surface area contributed by atoms with E-state index < -0.39 is 0 Å². The van der Waals surface area contributed by atoms with Gasteiger partial charge in [-0.3, -0.25) is 4.79 Å². The van der Waals surface area contributed by atoms with E-state index in [4.69, 9.17) is 12.2 Å². The van der Waals surface area contributed by atoms with Gasteiger partial charge in [0.1, 0.15) is 0 Å². The smallest absolute Gasteiger partial charge is 0.221 e. The Bertz CT molecular complexity index is 157. The van der Waals surface area contributed by atoms with Gasteiger partial charge in [0, 0.05) is 12.3 Å². The Hall–Kier alpha value is -0.440. The predicted octanol–water partition coefficient (Wildman–Crippen LogP) is 1.50. The Balaban J connectivity index is 3.99. The Morgan fingerprint density at radius 3 is 1.90 bits per heavy atom. The molecular formula is C7H13NOS. The molecule has 1 amide bonds. The molecule has 0 saturated carbocycles. The summed E-state index contributed by atoms with van der Waals surface area (Å²) in [4.78, 5) is 11.1. The summed E-state index contributed by atoms with van der Waals surface area (Å²) >= 11 is 4.94. The van der Waals surface area contributed by atoms with Gasteiger partial charge in [0.2, 0.25) is 5.91 Å². The van der Waals surface area contributed by atoms with Crippen LogP contribution in [0, 0.1) is 5.41 Å². The van der Waals surface area contributed by atoms with Gasteiger partial charge in [-0.25, -0.2) is 0 Å². The van der Waals surface area contributed by atoms with Crippen molar-refractivity contribution in [3.05, 3.63) is 0 Å². The zero-order chi connectivity index (χ0) is 8.36. The second kappa shape index (κ2) is 3.10. The van der Waals surface area contributed by atoms with E-state index in [9.17, 15) is 4.79 Å². The molecule has 0 spiro atoms. The molecule has 0 aliphatic carbocycles. The molecular weight excluding hydrogens is 146 g/mol. The summed E-state index contributed by atoms with van der Waals surface area (Å²) in [7, 11) is 0. The maximum absolute atomic E-state index is 10.5. The highest BCUT2D eigenvalue weighted by molar-refractivity contribution is 7.80. The molecule has 0 aromatic rings. The Labute approximate surface area is 67.0 Å². The molecule has 0 aliphatic heterocycles. The lowest BCUT2D eigenvalue weighted by atomic mass is 9.97. The van der Waals surface area contributed by atoms with E-state index in [1.165, 1.54) is 6.92 Å². The molecule has 0 bridgehead atoms. The van der Waals surface area contributed by atoms with Crippen LogP contribution in [0.25, 0.3) is 0 Å². The lowest BCUT2D eigenvalue weighted by Gasteiger charge is -2.19. The van der Waals surface area contributed by atoms with E-state index in [-0.39, 0.29) is 11.3 Å². The third-order valence-electron chi connectivity index (χ3n) is 0.971. The van der Waals surface area contributed by atoms with Crippen LogP contribution in [-0.2, 0) is 4.79 Å². The summed E-state index contributed by atoms with van der Waals surface area (Å²) in [6.45, 7) is 7.35. The summed E-state index contributed by atoms with van der Waals surface area (Å²) in [6.07, 6.45) is 0. The zero-order valence-electron chi connectivity index (χ0n) is 6.82. The predicted molar refractivity (Wildman–Crippen MR) is 45.9 cm³/mol. The number of carbonyl (C=O) groups is 1. The molecule has 10 heavy (non-hydrogen) atoms. The third kappa shape index (κ3) is 3.56. The summed E-state index contributed by atoms with van der Waals surface area (Å²) in [5.74, 6) is -0.0973. The van der Waals surface area contributed by atoms with Gasteiger partial charge in [-0.15, -0.1) is 0 Å². The van der Waals surface area contributed by atoms with Gasteiger partial charge in [0.25, 0.3) is 0 Å². The number of rotatable bonds is 0. The highest BCUT2D eigenvalue weighted by Crippen LogP contribution is 2.13. The SMILES string of the molecule is CC(=O)NC(=S)C(C)(C)C. The van der Waals surface area contributed by atoms with Crippen molar-refractivity contribution in [2.24, 2.45) is 5.41 Å². The van der Waals surface area contributed by atoms with Gasteiger partial charge in [-0.1, -0.05) is 33.0 Å². The molecule has 0 fully saturated rings. The van der Waals surface area contributed by atoms with Crippen molar-refractivity contribution in [1.29, 1.82) is 0 Å². The summed E-state index contributed by atoms with van der Waals surface area (Å²) < 4.78 is 0. The second-order valence-corrected chi connectivity index (χ2v) is 3.67. The Kier molecular flexibility index (Phi) is 2.96. The Morgan fingerprint density at radius 1 is 1.40 bits per heavy atom. The van der Waals surface area contributed by atoms with Crippen molar-refractivity contribution in [3.63, 3.8) is 0 Å². The van der Waals surface area contributed by atoms with E-state index in [1.54, 1.807) is 0 Å². The molecule has 58 valence electrons. The molecule has 0 heterocycles. The molecule has 0 unspecified atom stereocenters. The van der Waals surface area contributed by atoms with Gasteiger partial charge >= 0.3 is 0 Å². The van der Waals surface area contributed by atoms with Crippen LogP contribution in [0.5, 0.6) is 0 Å². The quantitative estimate of drug-likeness (QED) is 0.543. The fourth-order valence-corrected chi connectivity index (χ4v) is 0.491. The highest BCUT2D eigenvalue weighted by Gasteiger charge is 2.17. The van der Waals surface area contributed by atoms with Crippen LogP contribution in [0.2, 0.25) is 0 Å². The van der Waals surface area contributed by atoms with Crippen molar-refractivity contribution in [2.75, 3.05) is 0 Å². The average Bonchev–Trinajstić information content (AvgIpc) is 1.60. The van der Waals surface area contributed by atoms with E-state index in [0.29, 0.717) is 4.99 Å². The largest absolute Gasteiger partial charge is 0.320 e. The maximum atomic E-state index is 10.5. The van der Waals surface area contributed by atoms with E-state index in [0.717, 1.165) is 0 Å². The van der Waals surface area contributed by atoms with Gasteiger partial charge in [-0.05, 0) is 0 Å². The van der Waals surface area contributed by atoms with Crippen molar-refractivity contribution < 1.29 is 4.79 Å². The average molecular weight is 159 g/mol.